The van der Waals surface area contributed by atoms with Crippen LogP contribution in [0.25, 0.3) is 0 Å². The lowest BCUT2D eigenvalue weighted by molar-refractivity contribution is -0.139. The summed E-state index contributed by atoms with van der Waals surface area (Å²) in [6.07, 6.45) is 0.776. The maximum atomic E-state index is 10.4. The number of carboxylic acids is 1. The molecule has 0 bridgehead atoms. The first-order valence-electron chi connectivity index (χ1n) is 4.73. The minimum absolute atomic E-state index is 0.363. The van der Waals surface area contributed by atoms with Crippen LogP contribution in [0.2, 0.25) is 0 Å². The van der Waals surface area contributed by atoms with Crippen molar-refractivity contribution in [3.8, 4) is 5.88 Å². The summed E-state index contributed by atoms with van der Waals surface area (Å²) in [7, 11) is 0. The van der Waals surface area contributed by atoms with Crippen LogP contribution in [0, 0.1) is 13.8 Å². The highest BCUT2D eigenvalue weighted by Gasteiger charge is 2.10. The van der Waals surface area contributed by atoms with E-state index in [1.165, 1.54) is 0 Å². The second-order valence-electron chi connectivity index (χ2n) is 3.18. The van der Waals surface area contributed by atoms with Crippen LogP contribution in [-0.2, 0) is 11.2 Å². The zero-order valence-electron chi connectivity index (χ0n) is 9.07. The smallest absolute Gasteiger partial charge is 0.341 e. The van der Waals surface area contributed by atoms with Crippen molar-refractivity contribution >= 4 is 5.97 Å². The second-order valence-corrected chi connectivity index (χ2v) is 3.18. The van der Waals surface area contributed by atoms with E-state index < -0.39 is 5.97 Å². The van der Waals surface area contributed by atoms with E-state index in [0.717, 1.165) is 17.7 Å². The maximum absolute atomic E-state index is 10.4. The lowest BCUT2D eigenvalue weighted by Crippen LogP contribution is -2.12. The molecule has 1 heterocycles. The molecule has 1 aromatic rings. The third kappa shape index (κ3) is 2.90. The summed E-state index contributed by atoms with van der Waals surface area (Å²) in [5, 5.41) is 8.49. The highest BCUT2D eigenvalue weighted by atomic mass is 16.5. The maximum Gasteiger partial charge on any atom is 0.341 e. The summed E-state index contributed by atoms with van der Waals surface area (Å²) >= 11 is 0. The number of rotatable bonds is 4. The number of aromatic nitrogens is 2. The van der Waals surface area contributed by atoms with Crippen LogP contribution in [0.15, 0.2) is 0 Å². The fourth-order valence-electron chi connectivity index (χ4n) is 1.27. The quantitative estimate of drug-likeness (QED) is 0.806. The van der Waals surface area contributed by atoms with Gasteiger partial charge in [-0.1, -0.05) is 6.92 Å². The van der Waals surface area contributed by atoms with Gasteiger partial charge in [0.15, 0.2) is 6.61 Å². The predicted molar refractivity (Wildman–Crippen MR) is 54.0 cm³/mol. The molecule has 15 heavy (non-hydrogen) atoms. The molecule has 0 aliphatic heterocycles. The Morgan fingerprint density at radius 1 is 1.40 bits per heavy atom. The Balaban J connectivity index is 2.95. The molecule has 1 rings (SSSR count). The van der Waals surface area contributed by atoms with Gasteiger partial charge >= 0.3 is 5.97 Å². The molecule has 0 unspecified atom stereocenters. The summed E-state index contributed by atoms with van der Waals surface area (Å²) in [6.45, 7) is 5.19. The summed E-state index contributed by atoms with van der Waals surface area (Å²) in [5.41, 5.74) is 1.70. The van der Waals surface area contributed by atoms with Crippen molar-refractivity contribution in [3.63, 3.8) is 0 Å². The van der Waals surface area contributed by atoms with Gasteiger partial charge in [-0.2, -0.15) is 4.98 Å². The Kier molecular flexibility index (Phi) is 3.60. The Hall–Kier alpha value is -1.65. The van der Waals surface area contributed by atoms with Crippen LogP contribution >= 0.6 is 0 Å². The minimum Gasteiger partial charge on any atom is -0.479 e. The second kappa shape index (κ2) is 4.72. The molecule has 82 valence electrons. The van der Waals surface area contributed by atoms with Gasteiger partial charge in [0.05, 0.1) is 5.69 Å². The van der Waals surface area contributed by atoms with Gasteiger partial charge in [0.1, 0.15) is 5.82 Å². The third-order valence-corrected chi connectivity index (χ3v) is 1.98. The van der Waals surface area contributed by atoms with E-state index in [9.17, 15) is 4.79 Å². The van der Waals surface area contributed by atoms with Crippen LogP contribution in [0.1, 0.15) is 24.0 Å². The van der Waals surface area contributed by atoms with Gasteiger partial charge in [0.25, 0.3) is 0 Å². The molecule has 0 fully saturated rings. The Bertz CT molecular complexity index is 377. The number of nitrogens with zero attached hydrogens (tertiary/aromatic N) is 2. The summed E-state index contributed by atoms with van der Waals surface area (Å²) in [4.78, 5) is 18.7. The Labute approximate surface area is 88.1 Å². The Morgan fingerprint density at radius 2 is 2.07 bits per heavy atom. The number of hydrogen-bond donors (Lipinski definition) is 1. The first kappa shape index (κ1) is 11.4. The topological polar surface area (TPSA) is 72.3 Å². The molecule has 1 aromatic heterocycles. The van der Waals surface area contributed by atoms with Crippen LogP contribution in [0.5, 0.6) is 5.88 Å². The zero-order chi connectivity index (χ0) is 11.4. The van der Waals surface area contributed by atoms with Crippen molar-refractivity contribution in [3.05, 3.63) is 17.1 Å². The van der Waals surface area contributed by atoms with Crippen molar-refractivity contribution in [2.24, 2.45) is 0 Å². The van der Waals surface area contributed by atoms with Crippen molar-refractivity contribution in [2.75, 3.05) is 6.61 Å². The van der Waals surface area contributed by atoms with Gasteiger partial charge in [0.2, 0.25) is 5.88 Å². The van der Waals surface area contributed by atoms with Gasteiger partial charge in [-0.15, -0.1) is 0 Å². The summed E-state index contributed by atoms with van der Waals surface area (Å²) < 4.78 is 5.07. The number of aryl methyl sites for hydroxylation is 2. The molecule has 5 heteroatoms. The molecule has 0 aromatic carbocycles. The van der Waals surface area contributed by atoms with E-state index in [1.54, 1.807) is 6.92 Å². The number of hydrogen-bond acceptors (Lipinski definition) is 4. The van der Waals surface area contributed by atoms with Gasteiger partial charge < -0.3 is 9.84 Å². The molecular formula is C10H14N2O3. The highest BCUT2D eigenvalue weighted by Crippen LogP contribution is 2.17. The largest absolute Gasteiger partial charge is 0.479 e. The van der Waals surface area contributed by atoms with Crippen molar-refractivity contribution in [1.29, 1.82) is 0 Å². The monoisotopic (exact) mass is 210 g/mol. The predicted octanol–water partition coefficient (Wildman–Crippen LogP) is 1.12. The van der Waals surface area contributed by atoms with Crippen molar-refractivity contribution in [1.82, 2.24) is 9.97 Å². The zero-order valence-corrected chi connectivity index (χ0v) is 9.07. The third-order valence-electron chi connectivity index (χ3n) is 1.98. The molecule has 0 radical (unpaired) electrons. The van der Waals surface area contributed by atoms with Gasteiger partial charge in [-0.3, -0.25) is 0 Å². The standard InChI is InChI=1S/C10H14N2O3/c1-4-8-6(2)10(12-7(3)11-8)15-5-9(13)14/h4-5H2,1-3H3,(H,13,14). The summed E-state index contributed by atoms with van der Waals surface area (Å²) in [5.74, 6) is -0.0525. The van der Waals surface area contributed by atoms with Crippen molar-refractivity contribution < 1.29 is 14.6 Å². The average Bonchev–Trinajstić information content (AvgIpc) is 2.18. The minimum atomic E-state index is -1.01. The molecule has 1 N–H and O–H groups in total. The number of aliphatic carboxylic acids is 1. The SMILES string of the molecule is CCc1nc(C)nc(OCC(=O)O)c1C. The van der Waals surface area contributed by atoms with E-state index in [-0.39, 0.29) is 6.61 Å². The van der Waals surface area contributed by atoms with E-state index in [2.05, 4.69) is 9.97 Å². The normalized spacial score (nSPS) is 10.1. The van der Waals surface area contributed by atoms with Crippen LogP contribution in [0.4, 0.5) is 0 Å². The molecule has 0 aliphatic rings. The fraction of sp³-hybridized carbons (Fsp3) is 0.500. The Morgan fingerprint density at radius 3 is 2.60 bits per heavy atom. The van der Waals surface area contributed by atoms with Crippen LogP contribution < -0.4 is 4.74 Å². The lowest BCUT2D eigenvalue weighted by Gasteiger charge is -2.09. The number of ether oxygens (including phenoxy) is 1. The van der Waals surface area contributed by atoms with E-state index in [0.29, 0.717) is 11.7 Å². The lowest BCUT2D eigenvalue weighted by atomic mass is 10.2. The van der Waals surface area contributed by atoms with Crippen LogP contribution in [0.3, 0.4) is 0 Å². The molecule has 0 saturated carbocycles. The number of carboxylic acid groups (broad SMARTS) is 1. The average molecular weight is 210 g/mol. The molecule has 0 aliphatic carbocycles. The fourth-order valence-corrected chi connectivity index (χ4v) is 1.27. The molecule has 0 saturated heterocycles. The van der Waals surface area contributed by atoms with E-state index in [4.69, 9.17) is 9.84 Å². The van der Waals surface area contributed by atoms with Crippen LogP contribution in [-0.4, -0.2) is 27.7 Å². The number of carbonyl (C=O) groups is 1. The first-order valence-corrected chi connectivity index (χ1v) is 4.73. The first-order chi connectivity index (χ1) is 7.04. The summed E-state index contributed by atoms with van der Waals surface area (Å²) in [6, 6.07) is 0. The van der Waals surface area contributed by atoms with Gasteiger partial charge in [-0.05, 0) is 20.3 Å². The van der Waals surface area contributed by atoms with E-state index in [1.807, 2.05) is 13.8 Å². The molecule has 0 spiro atoms. The molecular weight excluding hydrogens is 196 g/mol. The van der Waals surface area contributed by atoms with Gasteiger partial charge in [-0.25, -0.2) is 9.78 Å². The molecule has 0 atom stereocenters. The molecule has 0 amide bonds. The van der Waals surface area contributed by atoms with Gasteiger partial charge in [0, 0.05) is 5.56 Å². The molecule has 5 nitrogen and oxygen atoms in total. The van der Waals surface area contributed by atoms with Crippen molar-refractivity contribution in [2.45, 2.75) is 27.2 Å². The van der Waals surface area contributed by atoms with E-state index >= 15 is 0 Å². The highest BCUT2D eigenvalue weighted by molar-refractivity contribution is 5.68.